The Labute approximate surface area is 91.0 Å². The molecule has 4 atom stereocenters. The number of nitrogens with one attached hydrogen (secondary N) is 1. The van der Waals surface area contributed by atoms with Crippen LogP contribution in [0.5, 0.6) is 0 Å². The molecule has 1 N–H and O–H groups in total. The summed E-state index contributed by atoms with van der Waals surface area (Å²) < 4.78 is 4.80. The van der Waals surface area contributed by atoms with E-state index < -0.39 is 0 Å². The Hall–Kier alpha value is -0.610. The Morgan fingerprint density at radius 3 is 2.87 bits per heavy atom. The first-order valence-corrected chi connectivity index (χ1v) is 5.69. The number of likely N-dealkylation sites (tertiary alicyclic amines) is 1. The molecule has 4 nitrogen and oxygen atoms in total. The number of hydrogen-bond acceptors (Lipinski definition) is 4. The van der Waals surface area contributed by atoms with E-state index in [9.17, 15) is 4.79 Å². The van der Waals surface area contributed by atoms with Crippen molar-refractivity contribution in [2.75, 3.05) is 26.7 Å². The summed E-state index contributed by atoms with van der Waals surface area (Å²) in [6, 6.07) is 0.384. The molecule has 0 aromatic heterocycles. The van der Waals surface area contributed by atoms with Gasteiger partial charge in [-0.15, -0.1) is 0 Å². The second-order valence-electron chi connectivity index (χ2n) is 4.72. The van der Waals surface area contributed by atoms with E-state index in [1.165, 1.54) is 7.11 Å². The van der Waals surface area contributed by atoms with Crippen LogP contribution in [0, 0.1) is 11.8 Å². The first-order chi connectivity index (χ1) is 7.15. The van der Waals surface area contributed by atoms with Gasteiger partial charge in [-0.05, 0) is 38.8 Å². The van der Waals surface area contributed by atoms with E-state index in [-0.39, 0.29) is 12.0 Å². The van der Waals surface area contributed by atoms with E-state index in [1.54, 1.807) is 0 Å². The summed E-state index contributed by atoms with van der Waals surface area (Å²) in [6.45, 7) is 7.37. The predicted octanol–water partition coefficient (Wildman–Crippen LogP) is 0.0876. The Bertz CT molecular complexity index is 257. The molecule has 0 aromatic rings. The minimum absolute atomic E-state index is 0.101. The lowest BCUT2D eigenvalue weighted by atomic mass is 9.95. The van der Waals surface area contributed by atoms with Gasteiger partial charge in [-0.2, -0.15) is 0 Å². The number of carbonyl (C=O) groups is 1. The topological polar surface area (TPSA) is 41.6 Å². The molecule has 2 aliphatic heterocycles. The third-order valence-corrected chi connectivity index (χ3v) is 4.02. The van der Waals surface area contributed by atoms with Gasteiger partial charge in [0.05, 0.1) is 7.11 Å². The standard InChI is InChI=1S/C11H20N2O2/c1-7-10-5-12-4-9(10)6-13(7)8(2)11(14)15-3/h7-10,12H,4-6H2,1-3H3. The summed E-state index contributed by atoms with van der Waals surface area (Å²) >= 11 is 0. The summed E-state index contributed by atoms with van der Waals surface area (Å²) in [7, 11) is 1.46. The Balaban J connectivity index is 2.03. The molecule has 2 heterocycles. The molecule has 15 heavy (non-hydrogen) atoms. The van der Waals surface area contributed by atoms with Gasteiger partial charge in [0.15, 0.2) is 0 Å². The van der Waals surface area contributed by atoms with Crippen LogP contribution in [-0.4, -0.2) is 49.7 Å². The molecule has 86 valence electrons. The van der Waals surface area contributed by atoms with Gasteiger partial charge in [-0.3, -0.25) is 9.69 Å². The van der Waals surface area contributed by atoms with Crippen LogP contribution in [0.1, 0.15) is 13.8 Å². The fourth-order valence-corrected chi connectivity index (χ4v) is 3.02. The van der Waals surface area contributed by atoms with Crippen LogP contribution in [0.15, 0.2) is 0 Å². The van der Waals surface area contributed by atoms with Crippen molar-refractivity contribution < 1.29 is 9.53 Å². The Kier molecular flexibility index (Phi) is 2.98. The zero-order chi connectivity index (χ0) is 11.0. The number of esters is 1. The van der Waals surface area contributed by atoms with Gasteiger partial charge in [0.25, 0.3) is 0 Å². The highest BCUT2D eigenvalue weighted by molar-refractivity contribution is 5.75. The molecule has 0 aliphatic carbocycles. The van der Waals surface area contributed by atoms with Crippen LogP contribution in [-0.2, 0) is 9.53 Å². The maximum atomic E-state index is 11.5. The number of fused-ring (bicyclic) bond motifs is 1. The second kappa shape index (κ2) is 4.10. The normalized spacial score (nSPS) is 37.7. The minimum Gasteiger partial charge on any atom is -0.468 e. The second-order valence-corrected chi connectivity index (χ2v) is 4.72. The molecule has 4 unspecified atom stereocenters. The highest BCUT2D eigenvalue weighted by atomic mass is 16.5. The van der Waals surface area contributed by atoms with Gasteiger partial charge in [-0.25, -0.2) is 0 Å². The van der Waals surface area contributed by atoms with Crippen LogP contribution < -0.4 is 5.32 Å². The zero-order valence-electron chi connectivity index (χ0n) is 9.69. The molecule has 0 saturated carbocycles. The van der Waals surface area contributed by atoms with Gasteiger partial charge in [-0.1, -0.05) is 0 Å². The highest BCUT2D eigenvalue weighted by Crippen LogP contribution is 2.33. The van der Waals surface area contributed by atoms with Crippen molar-refractivity contribution >= 4 is 5.97 Å². The minimum atomic E-state index is -0.116. The molecular weight excluding hydrogens is 192 g/mol. The first kappa shape index (κ1) is 10.9. The lowest BCUT2D eigenvalue weighted by Gasteiger charge is -2.28. The Morgan fingerprint density at radius 2 is 2.27 bits per heavy atom. The maximum absolute atomic E-state index is 11.5. The number of methoxy groups -OCH3 is 1. The smallest absolute Gasteiger partial charge is 0.322 e. The molecule has 0 spiro atoms. The van der Waals surface area contributed by atoms with Gasteiger partial charge < -0.3 is 10.1 Å². The van der Waals surface area contributed by atoms with E-state index >= 15 is 0 Å². The summed E-state index contributed by atoms with van der Waals surface area (Å²) in [5.41, 5.74) is 0. The fourth-order valence-electron chi connectivity index (χ4n) is 3.02. The van der Waals surface area contributed by atoms with E-state index in [0.717, 1.165) is 19.6 Å². The number of carbonyl (C=O) groups excluding carboxylic acids is 1. The predicted molar refractivity (Wildman–Crippen MR) is 57.5 cm³/mol. The molecule has 0 aromatic carbocycles. The zero-order valence-corrected chi connectivity index (χ0v) is 9.69. The van der Waals surface area contributed by atoms with Crippen LogP contribution >= 0.6 is 0 Å². The molecule has 2 saturated heterocycles. The SMILES string of the molecule is COC(=O)C(C)N1CC2CNCC2C1C. The molecule has 0 amide bonds. The van der Waals surface area contributed by atoms with Crippen molar-refractivity contribution in [3.63, 3.8) is 0 Å². The van der Waals surface area contributed by atoms with E-state index in [1.807, 2.05) is 6.92 Å². The molecule has 0 bridgehead atoms. The van der Waals surface area contributed by atoms with Crippen molar-refractivity contribution in [1.82, 2.24) is 10.2 Å². The van der Waals surface area contributed by atoms with Crippen molar-refractivity contribution in [1.29, 1.82) is 0 Å². The molecule has 2 aliphatic rings. The number of nitrogens with zero attached hydrogens (tertiary/aromatic N) is 1. The largest absolute Gasteiger partial charge is 0.468 e. The summed E-state index contributed by atoms with van der Waals surface area (Å²) in [5.74, 6) is 1.30. The average molecular weight is 212 g/mol. The van der Waals surface area contributed by atoms with Gasteiger partial charge in [0.2, 0.25) is 0 Å². The van der Waals surface area contributed by atoms with Crippen molar-refractivity contribution in [3.8, 4) is 0 Å². The number of ether oxygens (including phenoxy) is 1. The molecule has 2 fully saturated rings. The summed E-state index contributed by atoms with van der Waals surface area (Å²) in [4.78, 5) is 13.8. The monoisotopic (exact) mass is 212 g/mol. The summed E-state index contributed by atoms with van der Waals surface area (Å²) in [6.07, 6.45) is 0. The van der Waals surface area contributed by atoms with Crippen LogP contribution in [0.4, 0.5) is 0 Å². The van der Waals surface area contributed by atoms with E-state index in [0.29, 0.717) is 17.9 Å². The molecule has 0 radical (unpaired) electrons. The van der Waals surface area contributed by atoms with Gasteiger partial charge in [0.1, 0.15) is 6.04 Å². The van der Waals surface area contributed by atoms with E-state index in [4.69, 9.17) is 4.74 Å². The van der Waals surface area contributed by atoms with Crippen LogP contribution in [0.3, 0.4) is 0 Å². The van der Waals surface area contributed by atoms with Gasteiger partial charge >= 0.3 is 5.97 Å². The quantitative estimate of drug-likeness (QED) is 0.659. The molecular formula is C11H20N2O2. The average Bonchev–Trinajstić information content (AvgIpc) is 2.80. The third-order valence-electron chi connectivity index (χ3n) is 4.02. The fraction of sp³-hybridized carbons (Fsp3) is 0.909. The lowest BCUT2D eigenvalue weighted by molar-refractivity contribution is -0.146. The molecule has 4 heteroatoms. The van der Waals surface area contributed by atoms with Crippen molar-refractivity contribution in [3.05, 3.63) is 0 Å². The van der Waals surface area contributed by atoms with E-state index in [2.05, 4.69) is 17.1 Å². The first-order valence-electron chi connectivity index (χ1n) is 5.69. The van der Waals surface area contributed by atoms with Crippen LogP contribution in [0.2, 0.25) is 0 Å². The Morgan fingerprint density at radius 1 is 1.53 bits per heavy atom. The van der Waals surface area contributed by atoms with Gasteiger partial charge in [0, 0.05) is 12.6 Å². The van der Waals surface area contributed by atoms with Crippen LogP contribution in [0.25, 0.3) is 0 Å². The third kappa shape index (κ3) is 1.76. The van der Waals surface area contributed by atoms with Crippen molar-refractivity contribution in [2.45, 2.75) is 25.9 Å². The number of hydrogen-bond donors (Lipinski definition) is 1. The van der Waals surface area contributed by atoms with Crippen molar-refractivity contribution in [2.24, 2.45) is 11.8 Å². The lowest BCUT2D eigenvalue weighted by Crippen LogP contribution is -2.44. The summed E-state index contributed by atoms with van der Waals surface area (Å²) in [5, 5.41) is 3.41. The molecule has 2 rings (SSSR count). The highest BCUT2D eigenvalue weighted by Gasteiger charge is 2.44. The number of rotatable bonds is 2. The maximum Gasteiger partial charge on any atom is 0.322 e.